The summed E-state index contributed by atoms with van der Waals surface area (Å²) in [6.07, 6.45) is 4.86. The summed E-state index contributed by atoms with van der Waals surface area (Å²) in [5.74, 6) is 1.22. The van der Waals surface area contributed by atoms with E-state index >= 15 is 0 Å². The fraction of sp³-hybridized carbons (Fsp3) is 0.533. The summed E-state index contributed by atoms with van der Waals surface area (Å²) in [7, 11) is 0. The van der Waals surface area contributed by atoms with Crippen LogP contribution in [0, 0.1) is 0 Å². The van der Waals surface area contributed by atoms with Crippen LogP contribution < -0.4 is 0 Å². The Morgan fingerprint density at radius 2 is 2.05 bits per heavy atom. The van der Waals surface area contributed by atoms with Crippen molar-refractivity contribution in [3.05, 3.63) is 28.0 Å². The third-order valence-corrected chi connectivity index (χ3v) is 4.90. The third-order valence-electron chi connectivity index (χ3n) is 3.94. The van der Waals surface area contributed by atoms with Crippen molar-refractivity contribution >= 4 is 45.8 Å². The fourth-order valence-corrected chi connectivity index (χ4v) is 3.35. The molecular formula is C15H17Cl3N2O. The number of fused-ring (bicyclic) bond motifs is 1. The van der Waals surface area contributed by atoms with E-state index in [1.807, 2.05) is 6.07 Å². The second kappa shape index (κ2) is 6.74. The number of hydrogen-bond donors (Lipinski definition) is 0. The Morgan fingerprint density at radius 3 is 2.76 bits per heavy atom. The minimum atomic E-state index is 0.335. The van der Waals surface area contributed by atoms with Gasteiger partial charge in [0.25, 0.3) is 0 Å². The zero-order valence-corrected chi connectivity index (χ0v) is 13.9. The molecule has 1 fully saturated rings. The van der Waals surface area contributed by atoms with Crippen molar-refractivity contribution in [1.82, 2.24) is 9.55 Å². The first-order valence-corrected chi connectivity index (χ1v) is 8.50. The van der Waals surface area contributed by atoms with Gasteiger partial charge < -0.3 is 9.30 Å². The lowest BCUT2D eigenvalue weighted by atomic mass is 10.1. The molecule has 0 amide bonds. The molecule has 114 valence electrons. The molecule has 0 N–H and O–H groups in total. The van der Waals surface area contributed by atoms with Gasteiger partial charge in [-0.2, -0.15) is 0 Å². The summed E-state index contributed by atoms with van der Waals surface area (Å²) >= 11 is 18.2. The molecule has 1 saturated heterocycles. The molecule has 21 heavy (non-hydrogen) atoms. The van der Waals surface area contributed by atoms with Crippen LogP contribution in [0.2, 0.25) is 10.0 Å². The molecule has 1 aromatic heterocycles. The van der Waals surface area contributed by atoms with Crippen molar-refractivity contribution in [2.24, 2.45) is 0 Å². The Hall–Kier alpha value is -0.480. The quantitative estimate of drug-likeness (QED) is 0.724. The van der Waals surface area contributed by atoms with Crippen LogP contribution >= 0.6 is 34.8 Å². The minimum absolute atomic E-state index is 0.335. The first-order chi connectivity index (χ1) is 10.2. The van der Waals surface area contributed by atoms with E-state index in [4.69, 9.17) is 39.5 Å². The lowest BCUT2D eigenvalue weighted by Crippen LogP contribution is -2.21. The van der Waals surface area contributed by atoms with Crippen LogP contribution in [0.1, 0.15) is 31.5 Å². The SMILES string of the molecule is ClCc1nc2cc(Cl)c(Cl)cc2n1CCC1CCCCO1. The van der Waals surface area contributed by atoms with Crippen molar-refractivity contribution in [1.29, 1.82) is 0 Å². The molecule has 6 heteroatoms. The number of aromatic nitrogens is 2. The smallest absolute Gasteiger partial charge is 0.124 e. The average Bonchev–Trinajstić information content (AvgIpc) is 2.83. The predicted molar refractivity (Wildman–Crippen MR) is 87.5 cm³/mol. The predicted octanol–water partition coefficient (Wildman–Crippen LogP) is 5.04. The van der Waals surface area contributed by atoms with Gasteiger partial charge in [0.1, 0.15) is 5.82 Å². The molecule has 0 saturated carbocycles. The molecule has 1 aliphatic heterocycles. The molecule has 2 heterocycles. The molecule has 3 rings (SSSR count). The van der Waals surface area contributed by atoms with Crippen LogP contribution in [0.5, 0.6) is 0 Å². The highest BCUT2D eigenvalue weighted by Gasteiger charge is 2.17. The van der Waals surface area contributed by atoms with E-state index in [1.54, 1.807) is 6.07 Å². The minimum Gasteiger partial charge on any atom is -0.378 e. The van der Waals surface area contributed by atoms with Gasteiger partial charge in [-0.3, -0.25) is 0 Å². The second-order valence-corrected chi connectivity index (χ2v) is 6.43. The highest BCUT2D eigenvalue weighted by molar-refractivity contribution is 6.42. The van der Waals surface area contributed by atoms with Crippen LogP contribution in [0.4, 0.5) is 0 Å². The van der Waals surface area contributed by atoms with E-state index in [2.05, 4.69) is 9.55 Å². The van der Waals surface area contributed by atoms with Crippen LogP contribution in [0.15, 0.2) is 12.1 Å². The largest absolute Gasteiger partial charge is 0.378 e. The van der Waals surface area contributed by atoms with Crippen molar-refractivity contribution in [2.75, 3.05) is 6.61 Å². The number of nitrogens with zero attached hydrogens (tertiary/aromatic N) is 2. The van der Waals surface area contributed by atoms with E-state index in [0.29, 0.717) is 22.0 Å². The second-order valence-electron chi connectivity index (χ2n) is 5.35. The van der Waals surface area contributed by atoms with Crippen molar-refractivity contribution in [2.45, 2.75) is 44.2 Å². The Kier molecular flexibility index (Phi) is 4.95. The lowest BCUT2D eigenvalue weighted by Gasteiger charge is -2.23. The molecular weight excluding hydrogens is 331 g/mol. The highest BCUT2D eigenvalue weighted by atomic mass is 35.5. The van der Waals surface area contributed by atoms with Gasteiger partial charge in [-0.05, 0) is 37.8 Å². The molecule has 1 unspecified atom stereocenters. The van der Waals surface area contributed by atoms with Crippen molar-refractivity contribution in [3.8, 4) is 0 Å². The van der Waals surface area contributed by atoms with E-state index in [0.717, 1.165) is 42.9 Å². The molecule has 2 aromatic rings. The van der Waals surface area contributed by atoms with Gasteiger partial charge in [0.2, 0.25) is 0 Å². The highest BCUT2D eigenvalue weighted by Crippen LogP contribution is 2.29. The standard InChI is InChI=1S/C15H17Cl3N2O/c16-9-15-19-13-7-11(17)12(18)8-14(13)20(15)5-4-10-3-1-2-6-21-10/h7-8,10H,1-6,9H2. The summed E-state index contributed by atoms with van der Waals surface area (Å²) in [5, 5.41) is 1.06. The molecule has 1 aliphatic rings. The van der Waals surface area contributed by atoms with E-state index < -0.39 is 0 Å². The maximum absolute atomic E-state index is 6.13. The number of ether oxygens (including phenoxy) is 1. The first kappa shape index (κ1) is 15.4. The molecule has 3 nitrogen and oxygen atoms in total. The monoisotopic (exact) mass is 346 g/mol. The zero-order chi connectivity index (χ0) is 14.8. The molecule has 0 spiro atoms. The Balaban J connectivity index is 1.86. The van der Waals surface area contributed by atoms with Gasteiger partial charge >= 0.3 is 0 Å². The lowest BCUT2D eigenvalue weighted by molar-refractivity contribution is 0.00889. The van der Waals surface area contributed by atoms with Gasteiger partial charge in [0.15, 0.2) is 0 Å². The number of rotatable bonds is 4. The van der Waals surface area contributed by atoms with Crippen molar-refractivity contribution < 1.29 is 4.74 Å². The van der Waals surface area contributed by atoms with Crippen LogP contribution in [0.25, 0.3) is 11.0 Å². The molecule has 1 aromatic carbocycles. The number of aryl methyl sites for hydroxylation is 1. The maximum atomic E-state index is 6.13. The van der Waals surface area contributed by atoms with E-state index in [1.165, 1.54) is 12.8 Å². The number of hydrogen-bond acceptors (Lipinski definition) is 2. The van der Waals surface area contributed by atoms with Gasteiger partial charge in [-0.1, -0.05) is 23.2 Å². The summed E-state index contributed by atoms with van der Waals surface area (Å²) in [5.41, 5.74) is 1.82. The van der Waals surface area contributed by atoms with E-state index in [-0.39, 0.29) is 0 Å². The maximum Gasteiger partial charge on any atom is 0.124 e. The summed E-state index contributed by atoms with van der Waals surface area (Å²) in [4.78, 5) is 4.54. The fourth-order valence-electron chi connectivity index (χ4n) is 2.83. The van der Waals surface area contributed by atoms with Crippen molar-refractivity contribution in [3.63, 3.8) is 0 Å². The average molecular weight is 348 g/mol. The summed E-state index contributed by atoms with van der Waals surface area (Å²) in [6, 6.07) is 3.66. The van der Waals surface area contributed by atoms with Crippen LogP contribution in [-0.2, 0) is 17.2 Å². The Bertz CT molecular complexity index is 635. The van der Waals surface area contributed by atoms with Gasteiger partial charge in [0.05, 0.1) is 33.1 Å². The van der Waals surface area contributed by atoms with Gasteiger partial charge in [-0.25, -0.2) is 4.98 Å². The number of alkyl halides is 1. The molecule has 1 atom stereocenters. The zero-order valence-electron chi connectivity index (χ0n) is 11.6. The van der Waals surface area contributed by atoms with Gasteiger partial charge in [-0.15, -0.1) is 11.6 Å². The van der Waals surface area contributed by atoms with Gasteiger partial charge in [0, 0.05) is 13.2 Å². The topological polar surface area (TPSA) is 27.1 Å². The summed E-state index contributed by atoms with van der Waals surface area (Å²) in [6.45, 7) is 1.71. The van der Waals surface area contributed by atoms with Crippen LogP contribution in [0.3, 0.4) is 0 Å². The summed E-state index contributed by atoms with van der Waals surface area (Å²) < 4.78 is 7.92. The van der Waals surface area contributed by atoms with Crippen LogP contribution in [-0.4, -0.2) is 22.3 Å². The number of benzene rings is 1. The number of halogens is 3. The first-order valence-electron chi connectivity index (χ1n) is 7.21. The third kappa shape index (κ3) is 3.31. The molecule has 0 bridgehead atoms. The Morgan fingerprint density at radius 1 is 1.24 bits per heavy atom. The normalized spacial score (nSPS) is 19.3. The molecule has 0 aliphatic carbocycles. The molecule has 0 radical (unpaired) electrons. The Labute approximate surface area is 139 Å². The number of imidazole rings is 1. The van der Waals surface area contributed by atoms with E-state index in [9.17, 15) is 0 Å².